The van der Waals surface area contributed by atoms with Crippen LogP contribution in [0.1, 0.15) is 56.2 Å². The maximum absolute atomic E-state index is 12.6. The summed E-state index contributed by atoms with van der Waals surface area (Å²) in [5, 5.41) is 3.82. The number of aromatic nitrogens is 1. The fraction of sp³-hybridized carbons (Fsp3) is 0.348. The lowest BCUT2D eigenvalue weighted by molar-refractivity contribution is 0.256. The highest BCUT2D eigenvalue weighted by molar-refractivity contribution is 7.89. The van der Waals surface area contributed by atoms with E-state index in [0.29, 0.717) is 11.3 Å². The standard InChI is InChI=1S/C23H29N3O3S/c1-15(2)19-7-6-8-20(16(3)4)22(19)24-23(27)25-30(28,29)14-17-9-10-18-11-12-26(5)21(18)13-17/h6-13,15-16H,14H2,1-5H3,(H2,24,25,27). The van der Waals surface area contributed by atoms with Gasteiger partial charge in [0.2, 0.25) is 10.0 Å². The summed E-state index contributed by atoms with van der Waals surface area (Å²) in [6.45, 7) is 8.16. The Bertz CT molecular complexity index is 1150. The number of hydrogen-bond acceptors (Lipinski definition) is 3. The molecule has 0 spiro atoms. The van der Waals surface area contributed by atoms with Crippen molar-refractivity contribution < 1.29 is 13.2 Å². The number of fused-ring (bicyclic) bond motifs is 1. The molecular weight excluding hydrogens is 398 g/mol. The van der Waals surface area contributed by atoms with Gasteiger partial charge in [0.25, 0.3) is 0 Å². The normalized spacial score (nSPS) is 12.0. The first kappa shape index (κ1) is 21.9. The van der Waals surface area contributed by atoms with Crippen LogP contribution in [0.4, 0.5) is 10.5 Å². The number of rotatable bonds is 6. The molecule has 0 unspecified atom stereocenters. The second kappa shape index (κ2) is 8.52. The lowest BCUT2D eigenvalue weighted by Gasteiger charge is -2.20. The molecule has 30 heavy (non-hydrogen) atoms. The Kier molecular flexibility index (Phi) is 6.22. The molecule has 1 aromatic heterocycles. The molecule has 2 N–H and O–H groups in total. The van der Waals surface area contributed by atoms with E-state index in [9.17, 15) is 13.2 Å². The van der Waals surface area contributed by atoms with Crippen LogP contribution in [-0.4, -0.2) is 19.0 Å². The highest BCUT2D eigenvalue weighted by Gasteiger charge is 2.20. The zero-order valence-electron chi connectivity index (χ0n) is 18.1. The summed E-state index contributed by atoms with van der Waals surface area (Å²) in [7, 11) is -1.95. The highest BCUT2D eigenvalue weighted by atomic mass is 32.2. The number of amides is 2. The van der Waals surface area contributed by atoms with Gasteiger partial charge in [0, 0.05) is 24.4 Å². The van der Waals surface area contributed by atoms with Gasteiger partial charge in [-0.05, 0) is 46.0 Å². The van der Waals surface area contributed by atoms with Crippen LogP contribution in [-0.2, 0) is 22.8 Å². The van der Waals surface area contributed by atoms with E-state index in [1.54, 1.807) is 6.07 Å². The van der Waals surface area contributed by atoms with Crippen LogP contribution in [0.2, 0.25) is 0 Å². The Balaban J connectivity index is 1.79. The van der Waals surface area contributed by atoms with E-state index in [1.807, 2.05) is 81.9 Å². The Labute approximate surface area is 178 Å². The number of anilines is 1. The zero-order valence-corrected chi connectivity index (χ0v) is 18.9. The van der Waals surface area contributed by atoms with Gasteiger partial charge in [-0.3, -0.25) is 0 Å². The number of nitrogens with zero attached hydrogens (tertiary/aromatic N) is 1. The molecular formula is C23H29N3O3S. The third kappa shape index (κ3) is 4.84. The average molecular weight is 428 g/mol. The average Bonchev–Trinajstić information content (AvgIpc) is 3.01. The fourth-order valence-electron chi connectivity index (χ4n) is 3.63. The maximum atomic E-state index is 12.6. The quantitative estimate of drug-likeness (QED) is 0.576. The Morgan fingerprint density at radius 2 is 1.63 bits per heavy atom. The van der Waals surface area contributed by atoms with Crippen LogP contribution in [0.15, 0.2) is 48.7 Å². The minimum absolute atomic E-state index is 0.188. The van der Waals surface area contributed by atoms with Crippen molar-refractivity contribution in [1.82, 2.24) is 9.29 Å². The molecule has 1 heterocycles. The van der Waals surface area contributed by atoms with E-state index in [0.717, 1.165) is 22.0 Å². The van der Waals surface area contributed by atoms with Gasteiger partial charge in [-0.25, -0.2) is 17.9 Å². The predicted molar refractivity (Wildman–Crippen MR) is 122 cm³/mol. The van der Waals surface area contributed by atoms with Crippen molar-refractivity contribution in [3.63, 3.8) is 0 Å². The zero-order chi connectivity index (χ0) is 22.1. The molecule has 0 aliphatic heterocycles. The summed E-state index contributed by atoms with van der Waals surface area (Å²) in [6, 6.07) is 12.6. The second-order valence-corrected chi connectivity index (χ2v) is 9.98. The fourth-order valence-corrected chi connectivity index (χ4v) is 4.65. The molecule has 0 atom stereocenters. The lowest BCUT2D eigenvalue weighted by Crippen LogP contribution is -2.35. The van der Waals surface area contributed by atoms with Crippen LogP contribution < -0.4 is 10.0 Å². The summed E-state index contributed by atoms with van der Waals surface area (Å²) in [4.78, 5) is 12.6. The first-order valence-corrected chi connectivity index (χ1v) is 11.7. The molecule has 0 aliphatic carbocycles. The van der Waals surface area contributed by atoms with Gasteiger partial charge in [-0.1, -0.05) is 58.0 Å². The van der Waals surface area contributed by atoms with Crippen LogP contribution >= 0.6 is 0 Å². The molecule has 0 saturated carbocycles. The van der Waals surface area contributed by atoms with Gasteiger partial charge in [-0.2, -0.15) is 0 Å². The molecule has 0 bridgehead atoms. The third-order valence-electron chi connectivity index (χ3n) is 5.17. The summed E-state index contributed by atoms with van der Waals surface area (Å²) >= 11 is 0. The van der Waals surface area contributed by atoms with Crippen LogP contribution in [0.3, 0.4) is 0 Å². The van der Waals surface area contributed by atoms with E-state index >= 15 is 0 Å². The summed E-state index contributed by atoms with van der Waals surface area (Å²) < 4.78 is 29.3. The van der Waals surface area contributed by atoms with Crippen molar-refractivity contribution in [1.29, 1.82) is 0 Å². The smallest absolute Gasteiger partial charge is 0.332 e. The van der Waals surface area contributed by atoms with Crippen molar-refractivity contribution in [3.05, 3.63) is 65.4 Å². The monoisotopic (exact) mass is 427 g/mol. The molecule has 160 valence electrons. The maximum Gasteiger partial charge on any atom is 0.332 e. The van der Waals surface area contributed by atoms with E-state index in [4.69, 9.17) is 0 Å². The topological polar surface area (TPSA) is 80.2 Å². The van der Waals surface area contributed by atoms with E-state index in [1.165, 1.54) is 0 Å². The number of hydrogen-bond donors (Lipinski definition) is 2. The van der Waals surface area contributed by atoms with Gasteiger partial charge in [0.05, 0.1) is 5.75 Å². The third-order valence-corrected chi connectivity index (χ3v) is 6.38. The van der Waals surface area contributed by atoms with Crippen molar-refractivity contribution in [2.45, 2.75) is 45.3 Å². The lowest BCUT2D eigenvalue weighted by atomic mass is 9.93. The molecule has 7 heteroatoms. The van der Waals surface area contributed by atoms with Crippen molar-refractivity contribution >= 4 is 32.6 Å². The van der Waals surface area contributed by atoms with E-state index in [-0.39, 0.29) is 17.6 Å². The summed E-state index contributed by atoms with van der Waals surface area (Å²) in [6.07, 6.45) is 1.92. The molecule has 0 fully saturated rings. The van der Waals surface area contributed by atoms with Crippen molar-refractivity contribution in [2.24, 2.45) is 7.05 Å². The number of carbonyl (C=O) groups is 1. The molecule has 0 saturated heterocycles. The van der Waals surface area contributed by atoms with Crippen LogP contribution in [0.5, 0.6) is 0 Å². The summed E-state index contributed by atoms with van der Waals surface area (Å²) in [5.74, 6) is 0.102. The summed E-state index contributed by atoms with van der Waals surface area (Å²) in [5.41, 5.74) is 4.20. The molecule has 6 nitrogen and oxygen atoms in total. The molecule has 0 aliphatic rings. The van der Waals surface area contributed by atoms with Gasteiger partial charge < -0.3 is 9.88 Å². The van der Waals surface area contributed by atoms with Crippen LogP contribution in [0.25, 0.3) is 10.9 Å². The second-order valence-electron chi connectivity index (χ2n) is 8.26. The molecule has 2 amide bonds. The van der Waals surface area contributed by atoms with Gasteiger partial charge >= 0.3 is 6.03 Å². The largest absolute Gasteiger partial charge is 0.351 e. The predicted octanol–water partition coefficient (Wildman–Crippen LogP) is 5.08. The van der Waals surface area contributed by atoms with Crippen LogP contribution in [0, 0.1) is 0 Å². The van der Waals surface area contributed by atoms with Gasteiger partial charge in [-0.15, -0.1) is 0 Å². The highest BCUT2D eigenvalue weighted by Crippen LogP contribution is 2.32. The van der Waals surface area contributed by atoms with Crippen molar-refractivity contribution in [3.8, 4) is 0 Å². The SMILES string of the molecule is CC(C)c1cccc(C(C)C)c1NC(=O)NS(=O)(=O)Cc1ccc2ccn(C)c2c1. The Morgan fingerprint density at radius 3 is 2.23 bits per heavy atom. The molecule has 2 aromatic carbocycles. The van der Waals surface area contributed by atoms with E-state index in [2.05, 4.69) is 10.0 Å². The molecule has 3 aromatic rings. The van der Waals surface area contributed by atoms with Gasteiger partial charge in [0.15, 0.2) is 0 Å². The number of carbonyl (C=O) groups excluding carboxylic acids is 1. The van der Waals surface area contributed by atoms with Gasteiger partial charge in [0.1, 0.15) is 0 Å². The minimum atomic E-state index is -3.86. The molecule has 0 radical (unpaired) electrons. The Hall–Kier alpha value is -2.80. The first-order valence-electron chi connectivity index (χ1n) is 10.1. The number of benzene rings is 2. The number of aryl methyl sites for hydroxylation is 1. The minimum Gasteiger partial charge on any atom is -0.351 e. The Morgan fingerprint density at radius 1 is 1.00 bits per heavy atom. The number of sulfonamides is 1. The molecule has 3 rings (SSSR count). The first-order chi connectivity index (χ1) is 14.1. The number of urea groups is 1. The number of nitrogens with one attached hydrogen (secondary N) is 2. The van der Waals surface area contributed by atoms with Crippen molar-refractivity contribution in [2.75, 3.05) is 5.32 Å². The van der Waals surface area contributed by atoms with E-state index < -0.39 is 16.1 Å². The number of para-hydroxylation sites is 1.